The van der Waals surface area contributed by atoms with Crippen LogP contribution in [0.25, 0.3) is 11.1 Å². The Morgan fingerprint density at radius 1 is 0.947 bits per heavy atom. The van der Waals surface area contributed by atoms with E-state index in [1.807, 2.05) is 30.3 Å². The molecule has 0 atom stereocenters. The molecule has 0 aromatic heterocycles. The molecule has 5 heteroatoms. The van der Waals surface area contributed by atoms with E-state index in [4.69, 9.17) is 5.11 Å². The van der Waals surface area contributed by atoms with Crippen LogP contribution in [0.15, 0.2) is 59.5 Å². The predicted molar refractivity (Wildman–Crippen MR) is 74.2 cm³/mol. The summed E-state index contributed by atoms with van der Waals surface area (Å²) < 4.78 is 26.7. The smallest absolute Gasteiger partial charge is 0.241 e. The molecule has 0 saturated carbocycles. The second-order valence-electron chi connectivity index (χ2n) is 3.98. The van der Waals surface area contributed by atoms with E-state index in [0.717, 1.165) is 5.56 Å². The standard InChI is InChI=1S/C14H15NO3S/c16-11-10-15-19(17,18)14-9-5-4-8-13(14)12-6-2-1-3-7-12/h1-9,15-16H,10-11H2. The molecule has 0 aliphatic rings. The number of aliphatic hydroxyl groups excluding tert-OH is 1. The fraction of sp³-hybridized carbons (Fsp3) is 0.143. The van der Waals surface area contributed by atoms with Crippen molar-refractivity contribution in [1.29, 1.82) is 0 Å². The second kappa shape index (κ2) is 5.97. The first-order valence-electron chi connectivity index (χ1n) is 5.90. The average molecular weight is 277 g/mol. The lowest BCUT2D eigenvalue weighted by atomic mass is 10.1. The summed E-state index contributed by atoms with van der Waals surface area (Å²) in [5.41, 5.74) is 1.49. The predicted octanol–water partition coefficient (Wildman–Crippen LogP) is 1.62. The Bertz CT molecular complexity index is 639. The summed E-state index contributed by atoms with van der Waals surface area (Å²) in [7, 11) is -3.61. The molecule has 0 bridgehead atoms. The van der Waals surface area contributed by atoms with E-state index in [2.05, 4.69) is 4.72 Å². The Hall–Kier alpha value is -1.69. The topological polar surface area (TPSA) is 66.4 Å². The molecule has 0 radical (unpaired) electrons. The molecule has 0 amide bonds. The Morgan fingerprint density at radius 2 is 1.58 bits per heavy atom. The van der Waals surface area contributed by atoms with Gasteiger partial charge in [0.2, 0.25) is 10.0 Å². The molecule has 100 valence electrons. The zero-order valence-electron chi connectivity index (χ0n) is 10.3. The van der Waals surface area contributed by atoms with Crippen LogP contribution < -0.4 is 4.72 Å². The summed E-state index contributed by atoms with van der Waals surface area (Å²) in [5.74, 6) is 0. The first-order valence-corrected chi connectivity index (χ1v) is 7.38. The van der Waals surface area contributed by atoms with Gasteiger partial charge in [-0.1, -0.05) is 48.5 Å². The summed E-state index contributed by atoms with van der Waals surface area (Å²) in [5, 5.41) is 8.74. The highest BCUT2D eigenvalue weighted by atomic mass is 32.2. The van der Waals surface area contributed by atoms with Crippen molar-refractivity contribution in [2.75, 3.05) is 13.2 Å². The molecule has 0 spiro atoms. The summed E-state index contributed by atoms with van der Waals surface area (Å²) >= 11 is 0. The maximum Gasteiger partial charge on any atom is 0.241 e. The van der Waals surface area contributed by atoms with E-state index in [1.165, 1.54) is 0 Å². The van der Waals surface area contributed by atoms with E-state index >= 15 is 0 Å². The van der Waals surface area contributed by atoms with Crippen molar-refractivity contribution in [3.05, 3.63) is 54.6 Å². The van der Waals surface area contributed by atoms with Gasteiger partial charge in [-0.3, -0.25) is 0 Å². The number of hydrogen-bond acceptors (Lipinski definition) is 3. The Balaban J connectivity index is 2.48. The van der Waals surface area contributed by atoms with Crippen molar-refractivity contribution in [3.8, 4) is 11.1 Å². The van der Waals surface area contributed by atoms with Crippen molar-refractivity contribution in [2.45, 2.75) is 4.90 Å². The van der Waals surface area contributed by atoms with Crippen LogP contribution in [0.4, 0.5) is 0 Å². The highest BCUT2D eigenvalue weighted by molar-refractivity contribution is 7.89. The van der Waals surface area contributed by atoms with Crippen LogP contribution in [0.5, 0.6) is 0 Å². The van der Waals surface area contributed by atoms with Crippen molar-refractivity contribution < 1.29 is 13.5 Å². The Kier molecular flexibility index (Phi) is 4.31. The van der Waals surface area contributed by atoms with Crippen LogP contribution >= 0.6 is 0 Å². The molecule has 2 aromatic carbocycles. The quantitative estimate of drug-likeness (QED) is 0.873. The SMILES string of the molecule is O=S(=O)(NCCO)c1ccccc1-c1ccccc1. The Labute approximate surface area is 112 Å². The summed E-state index contributed by atoms with van der Waals surface area (Å²) in [6.07, 6.45) is 0. The van der Waals surface area contributed by atoms with Gasteiger partial charge in [0.05, 0.1) is 11.5 Å². The van der Waals surface area contributed by atoms with Gasteiger partial charge >= 0.3 is 0 Å². The van der Waals surface area contributed by atoms with Gasteiger partial charge < -0.3 is 5.11 Å². The van der Waals surface area contributed by atoms with Gasteiger partial charge in [0.25, 0.3) is 0 Å². The second-order valence-corrected chi connectivity index (χ2v) is 5.72. The van der Waals surface area contributed by atoms with E-state index in [1.54, 1.807) is 24.3 Å². The van der Waals surface area contributed by atoms with Gasteiger partial charge in [-0.25, -0.2) is 13.1 Å². The van der Waals surface area contributed by atoms with Crippen molar-refractivity contribution in [3.63, 3.8) is 0 Å². The monoisotopic (exact) mass is 277 g/mol. The number of aliphatic hydroxyl groups is 1. The molecule has 2 aromatic rings. The molecule has 0 fully saturated rings. The fourth-order valence-electron chi connectivity index (χ4n) is 1.81. The summed E-state index contributed by atoms with van der Waals surface area (Å²) in [6.45, 7) is -0.224. The molecule has 19 heavy (non-hydrogen) atoms. The molecule has 0 saturated heterocycles. The van der Waals surface area contributed by atoms with Gasteiger partial charge in [-0.2, -0.15) is 0 Å². The molecular weight excluding hydrogens is 262 g/mol. The van der Waals surface area contributed by atoms with Crippen molar-refractivity contribution >= 4 is 10.0 Å². The van der Waals surface area contributed by atoms with Crippen LogP contribution in [-0.4, -0.2) is 26.7 Å². The van der Waals surface area contributed by atoms with E-state index in [9.17, 15) is 8.42 Å². The van der Waals surface area contributed by atoms with Gasteiger partial charge in [-0.05, 0) is 11.6 Å². The number of nitrogens with one attached hydrogen (secondary N) is 1. The minimum Gasteiger partial charge on any atom is -0.395 e. The maximum absolute atomic E-state index is 12.2. The number of sulfonamides is 1. The highest BCUT2D eigenvalue weighted by Gasteiger charge is 2.17. The summed E-state index contributed by atoms with van der Waals surface area (Å²) in [6, 6.07) is 16.1. The molecule has 2 N–H and O–H groups in total. The molecule has 0 heterocycles. The molecule has 4 nitrogen and oxygen atoms in total. The average Bonchev–Trinajstić information content (AvgIpc) is 2.46. The number of rotatable bonds is 5. The zero-order chi connectivity index (χ0) is 13.7. The van der Waals surface area contributed by atoms with Crippen LogP contribution in [0, 0.1) is 0 Å². The third-order valence-electron chi connectivity index (χ3n) is 2.67. The zero-order valence-corrected chi connectivity index (χ0v) is 11.1. The summed E-state index contributed by atoms with van der Waals surface area (Å²) in [4.78, 5) is 0.217. The van der Waals surface area contributed by atoms with E-state index in [-0.39, 0.29) is 18.0 Å². The van der Waals surface area contributed by atoms with Crippen molar-refractivity contribution in [1.82, 2.24) is 4.72 Å². The fourth-order valence-corrected chi connectivity index (χ4v) is 3.06. The lowest BCUT2D eigenvalue weighted by Gasteiger charge is -2.11. The molecule has 0 unspecified atom stereocenters. The largest absolute Gasteiger partial charge is 0.395 e. The number of hydrogen-bond donors (Lipinski definition) is 2. The highest BCUT2D eigenvalue weighted by Crippen LogP contribution is 2.26. The van der Waals surface area contributed by atoms with Crippen LogP contribution in [-0.2, 0) is 10.0 Å². The van der Waals surface area contributed by atoms with Crippen LogP contribution in [0.2, 0.25) is 0 Å². The van der Waals surface area contributed by atoms with Crippen LogP contribution in [0.3, 0.4) is 0 Å². The third-order valence-corrected chi connectivity index (χ3v) is 4.18. The molecule has 2 rings (SSSR count). The lowest BCUT2D eigenvalue weighted by molar-refractivity contribution is 0.301. The van der Waals surface area contributed by atoms with Gasteiger partial charge in [0.15, 0.2) is 0 Å². The molecular formula is C14H15NO3S. The van der Waals surface area contributed by atoms with E-state index in [0.29, 0.717) is 5.56 Å². The van der Waals surface area contributed by atoms with Gasteiger partial charge in [-0.15, -0.1) is 0 Å². The van der Waals surface area contributed by atoms with Gasteiger partial charge in [0.1, 0.15) is 0 Å². The minimum absolute atomic E-state index is 0.00541. The van der Waals surface area contributed by atoms with Crippen molar-refractivity contribution in [2.24, 2.45) is 0 Å². The minimum atomic E-state index is -3.61. The first-order chi connectivity index (χ1) is 9.15. The van der Waals surface area contributed by atoms with Gasteiger partial charge in [0, 0.05) is 12.1 Å². The first kappa shape index (κ1) is 13.7. The third kappa shape index (κ3) is 3.20. The molecule has 0 aliphatic heterocycles. The number of benzene rings is 2. The van der Waals surface area contributed by atoms with Crippen LogP contribution in [0.1, 0.15) is 0 Å². The maximum atomic E-state index is 12.2. The normalized spacial score (nSPS) is 11.4. The Morgan fingerprint density at radius 3 is 2.26 bits per heavy atom. The molecule has 0 aliphatic carbocycles. The lowest BCUT2D eigenvalue weighted by Crippen LogP contribution is -2.27. The van der Waals surface area contributed by atoms with E-state index < -0.39 is 10.0 Å².